The van der Waals surface area contributed by atoms with Gasteiger partial charge in [-0.15, -0.1) is 13.1 Å². The quantitative estimate of drug-likeness (QED) is 0.389. The topological polar surface area (TPSA) is 14.1 Å². The molecular weight excluding hydrogens is 149 g/mol. The molecule has 0 N–H and O–H groups in total. The molecule has 56 valence electrons. The first-order valence-corrected chi connectivity index (χ1v) is 4.05. The Bertz CT molecular complexity index is 42.5. The molecule has 0 unspecified atom stereocenters. The van der Waals surface area contributed by atoms with Gasteiger partial charge in [-0.1, -0.05) is 39.5 Å². The minimum Gasteiger partial charge on any atom is -0.662 e. The van der Waals surface area contributed by atoms with Gasteiger partial charge < -0.3 is 5.32 Å². The van der Waals surface area contributed by atoms with Crippen molar-refractivity contribution in [1.82, 2.24) is 0 Å². The fourth-order valence-corrected chi connectivity index (χ4v) is 0.652. The first-order chi connectivity index (χ1) is 4.41. The van der Waals surface area contributed by atoms with Crippen molar-refractivity contribution < 1.29 is 51.4 Å². The third-order valence-electron chi connectivity index (χ3n) is 1.34. The molecule has 0 aliphatic heterocycles. The van der Waals surface area contributed by atoms with Gasteiger partial charge >= 0.3 is 51.4 Å². The van der Waals surface area contributed by atoms with Crippen LogP contribution in [0.25, 0.3) is 5.32 Å². The van der Waals surface area contributed by atoms with Gasteiger partial charge in [-0.2, -0.15) is 0 Å². The largest absolute Gasteiger partial charge is 1.00 e. The SMILES string of the molecule is CCCC[N-]CCCC.[K+]. The van der Waals surface area contributed by atoms with E-state index in [4.69, 9.17) is 0 Å². The van der Waals surface area contributed by atoms with E-state index >= 15 is 0 Å². The minimum absolute atomic E-state index is 0. The second kappa shape index (κ2) is 13.2. The molecule has 0 saturated heterocycles. The summed E-state index contributed by atoms with van der Waals surface area (Å²) in [6.45, 7) is 6.57. The fraction of sp³-hybridized carbons (Fsp3) is 1.00. The molecule has 0 saturated carbocycles. The van der Waals surface area contributed by atoms with E-state index in [1.54, 1.807) is 0 Å². The summed E-state index contributed by atoms with van der Waals surface area (Å²) >= 11 is 0. The van der Waals surface area contributed by atoms with Crippen molar-refractivity contribution in [3.63, 3.8) is 0 Å². The van der Waals surface area contributed by atoms with Crippen molar-refractivity contribution in [2.24, 2.45) is 0 Å². The zero-order chi connectivity index (χ0) is 6.95. The molecule has 0 radical (unpaired) electrons. The van der Waals surface area contributed by atoms with E-state index in [0.29, 0.717) is 0 Å². The van der Waals surface area contributed by atoms with Crippen molar-refractivity contribution in [1.29, 1.82) is 0 Å². The van der Waals surface area contributed by atoms with Crippen molar-refractivity contribution in [3.05, 3.63) is 5.32 Å². The number of hydrogen-bond donors (Lipinski definition) is 0. The molecule has 0 aromatic heterocycles. The van der Waals surface area contributed by atoms with Gasteiger partial charge in [0.15, 0.2) is 0 Å². The molecule has 2 heteroatoms. The Morgan fingerprint density at radius 1 is 0.900 bits per heavy atom. The summed E-state index contributed by atoms with van der Waals surface area (Å²) in [5, 5.41) is 4.35. The molecule has 1 nitrogen and oxygen atoms in total. The van der Waals surface area contributed by atoms with E-state index in [0.717, 1.165) is 13.1 Å². The smallest absolute Gasteiger partial charge is 0.662 e. The summed E-state index contributed by atoms with van der Waals surface area (Å²) in [5.74, 6) is 0. The van der Waals surface area contributed by atoms with Gasteiger partial charge in [0.25, 0.3) is 0 Å². The Morgan fingerprint density at radius 2 is 1.30 bits per heavy atom. The third-order valence-corrected chi connectivity index (χ3v) is 1.34. The minimum atomic E-state index is 0. The van der Waals surface area contributed by atoms with Gasteiger partial charge in [0.2, 0.25) is 0 Å². The zero-order valence-corrected chi connectivity index (χ0v) is 10.8. The average Bonchev–Trinajstić information content (AvgIpc) is 1.89. The molecular formula is C8H18KN. The van der Waals surface area contributed by atoms with E-state index in [9.17, 15) is 0 Å². The molecule has 0 aliphatic carbocycles. The first-order valence-electron chi connectivity index (χ1n) is 4.05. The average molecular weight is 167 g/mol. The molecule has 0 aliphatic rings. The number of hydrogen-bond acceptors (Lipinski definition) is 0. The Hall–Kier alpha value is 1.60. The monoisotopic (exact) mass is 167 g/mol. The van der Waals surface area contributed by atoms with Crippen LogP contribution in [-0.2, 0) is 0 Å². The maximum absolute atomic E-state index is 4.35. The predicted octanol–water partition coefficient (Wildman–Crippen LogP) is -0.0357. The molecule has 0 spiro atoms. The third kappa shape index (κ3) is 12.3. The van der Waals surface area contributed by atoms with Crippen molar-refractivity contribution in [2.45, 2.75) is 39.5 Å². The van der Waals surface area contributed by atoms with E-state index in [1.807, 2.05) is 0 Å². The second-order valence-electron chi connectivity index (χ2n) is 2.38. The Morgan fingerprint density at radius 3 is 1.60 bits per heavy atom. The summed E-state index contributed by atoms with van der Waals surface area (Å²) in [6.07, 6.45) is 5.08. The number of unbranched alkanes of at least 4 members (excludes halogenated alkanes) is 2. The van der Waals surface area contributed by atoms with Crippen LogP contribution in [0.2, 0.25) is 0 Å². The predicted molar refractivity (Wildman–Crippen MR) is 42.9 cm³/mol. The molecule has 0 atom stereocenters. The molecule has 0 bridgehead atoms. The van der Waals surface area contributed by atoms with Crippen LogP contribution in [0.1, 0.15) is 39.5 Å². The summed E-state index contributed by atoms with van der Waals surface area (Å²) in [5.41, 5.74) is 0. The summed E-state index contributed by atoms with van der Waals surface area (Å²) in [7, 11) is 0. The molecule has 0 aromatic carbocycles. The van der Waals surface area contributed by atoms with Crippen LogP contribution in [0.15, 0.2) is 0 Å². The van der Waals surface area contributed by atoms with Crippen molar-refractivity contribution in [3.8, 4) is 0 Å². The van der Waals surface area contributed by atoms with Crippen LogP contribution in [0.4, 0.5) is 0 Å². The normalized spacial score (nSPS) is 9.00. The molecule has 0 heterocycles. The van der Waals surface area contributed by atoms with Gasteiger partial charge in [-0.25, -0.2) is 0 Å². The standard InChI is InChI=1S/C8H18N.K/c1-3-5-7-9-8-6-4-2;/h3-8H2,1-2H3;/q-1;+1. The van der Waals surface area contributed by atoms with E-state index in [-0.39, 0.29) is 51.4 Å². The van der Waals surface area contributed by atoms with Crippen LogP contribution in [0, 0.1) is 0 Å². The maximum atomic E-state index is 4.35. The van der Waals surface area contributed by atoms with Crippen LogP contribution >= 0.6 is 0 Å². The second-order valence-corrected chi connectivity index (χ2v) is 2.38. The molecule has 0 fully saturated rings. The Kier molecular flexibility index (Phi) is 18.7. The molecule has 0 rings (SSSR count). The molecule has 10 heavy (non-hydrogen) atoms. The van der Waals surface area contributed by atoms with Crippen LogP contribution in [-0.4, -0.2) is 13.1 Å². The molecule has 0 aromatic rings. The fourth-order valence-electron chi connectivity index (χ4n) is 0.652. The molecule has 0 amide bonds. The number of nitrogens with zero attached hydrogens (tertiary/aromatic N) is 1. The maximum Gasteiger partial charge on any atom is 1.00 e. The van der Waals surface area contributed by atoms with E-state index in [1.165, 1.54) is 25.7 Å². The summed E-state index contributed by atoms with van der Waals surface area (Å²) in [6, 6.07) is 0. The summed E-state index contributed by atoms with van der Waals surface area (Å²) in [4.78, 5) is 0. The summed E-state index contributed by atoms with van der Waals surface area (Å²) < 4.78 is 0. The van der Waals surface area contributed by atoms with Crippen molar-refractivity contribution in [2.75, 3.05) is 13.1 Å². The van der Waals surface area contributed by atoms with E-state index < -0.39 is 0 Å². The van der Waals surface area contributed by atoms with E-state index in [2.05, 4.69) is 19.2 Å². The number of rotatable bonds is 6. The van der Waals surface area contributed by atoms with Crippen LogP contribution in [0.5, 0.6) is 0 Å². The van der Waals surface area contributed by atoms with Gasteiger partial charge in [-0.3, -0.25) is 0 Å². The van der Waals surface area contributed by atoms with Gasteiger partial charge in [-0.05, 0) is 0 Å². The van der Waals surface area contributed by atoms with Gasteiger partial charge in [0.05, 0.1) is 0 Å². The van der Waals surface area contributed by atoms with Gasteiger partial charge in [0, 0.05) is 0 Å². The van der Waals surface area contributed by atoms with Gasteiger partial charge in [0.1, 0.15) is 0 Å². The zero-order valence-electron chi connectivity index (χ0n) is 7.69. The van der Waals surface area contributed by atoms with Crippen LogP contribution < -0.4 is 51.4 Å². The Balaban J connectivity index is 0. The van der Waals surface area contributed by atoms with Crippen LogP contribution in [0.3, 0.4) is 0 Å². The Labute approximate surface area is 108 Å². The first kappa shape index (κ1) is 14.1. The van der Waals surface area contributed by atoms with Crippen molar-refractivity contribution >= 4 is 0 Å².